The summed E-state index contributed by atoms with van der Waals surface area (Å²) in [6, 6.07) is 0. The number of hydrazine groups is 1. The monoisotopic (exact) mass is 159 g/mol. The number of carbonyl (C=O) groups is 1. The summed E-state index contributed by atoms with van der Waals surface area (Å²) in [5.74, 6) is 7.96. The normalized spacial score (nSPS) is 7.64. The zero-order valence-electron chi connectivity index (χ0n) is 7.18. The van der Waals surface area contributed by atoms with Gasteiger partial charge in [0.2, 0.25) is 5.91 Å². The average molecular weight is 159 g/mol. The number of hydrogen-bond acceptors (Lipinski definition) is 3. The summed E-state index contributed by atoms with van der Waals surface area (Å²) in [7, 11) is 0. The lowest BCUT2D eigenvalue weighted by Gasteiger charge is -1.99. The highest BCUT2D eigenvalue weighted by molar-refractivity contribution is 5.91. The molecule has 4 heteroatoms. The fourth-order valence-corrected chi connectivity index (χ4v) is 0.389. The summed E-state index contributed by atoms with van der Waals surface area (Å²) in [5, 5.41) is 2.69. The molecule has 0 atom stereocenters. The minimum Gasteiger partial charge on any atom is -0.352 e. The minimum absolute atomic E-state index is 0.0446. The molecule has 0 aromatic rings. The zero-order chi connectivity index (χ0) is 9.28. The van der Waals surface area contributed by atoms with Gasteiger partial charge in [0.25, 0.3) is 0 Å². The van der Waals surface area contributed by atoms with Gasteiger partial charge in [0.1, 0.15) is 0 Å². The fraction of sp³-hybridized carbons (Fsp3) is 0.571. The van der Waals surface area contributed by atoms with Crippen molar-refractivity contribution in [3.05, 3.63) is 12.2 Å². The molecule has 11 heavy (non-hydrogen) atoms. The van der Waals surface area contributed by atoms with E-state index in [1.165, 1.54) is 0 Å². The molecule has 5 N–H and O–H groups in total. The van der Waals surface area contributed by atoms with Gasteiger partial charge >= 0.3 is 0 Å². The van der Waals surface area contributed by atoms with Gasteiger partial charge in [-0.05, 0) is 13.3 Å². The number of nitrogens with two attached hydrogens (primary N) is 2. The zero-order valence-corrected chi connectivity index (χ0v) is 7.18. The second-order valence-corrected chi connectivity index (χ2v) is 2.04. The molecule has 0 unspecified atom stereocenters. The Labute approximate surface area is 67.6 Å². The molecule has 0 aromatic carbocycles. The Bertz CT molecular complexity index is 123. The molecule has 0 spiro atoms. The highest BCUT2D eigenvalue weighted by Gasteiger charge is 1.96. The number of amides is 1. The molecule has 0 aliphatic rings. The molecular weight excluding hydrogens is 142 g/mol. The largest absolute Gasteiger partial charge is 0.352 e. The molecule has 66 valence electrons. The third kappa shape index (κ3) is 9.13. The fourth-order valence-electron chi connectivity index (χ4n) is 0.389. The second-order valence-electron chi connectivity index (χ2n) is 2.04. The van der Waals surface area contributed by atoms with E-state index in [0.29, 0.717) is 5.57 Å². The van der Waals surface area contributed by atoms with E-state index < -0.39 is 0 Å². The van der Waals surface area contributed by atoms with Crippen molar-refractivity contribution < 1.29 is 4.79 Å². The lowest BCUT2D eigenvalue weighted by Crippen LogP contribution is -2.24. The molecule has 0 aliphatic carbocycles. The van der Waals surface area contributed by atoms with Crippen molar-refractivity contribution >= 4 is 5.91 Å². The lowest BCUT2D eigenvalue weighted by atomic mass is 10.3. The maximum absolute atomic E-state index is 10.7. The van der Waals surface area contributed by atoms with E-state index in [4.69, 9.17) is 0 Å². The summed E-state index contributed by atoms with van der Waals surface area (Å²) in [6.07, 6.45) is 0.971. The lowest BCUT2D eigenvalue weighted by molar-refractivity contribution is -0.117. The van der Waals surface area contributed by atoms with Crippen LogP contribution in [0.3, 0.4) is 0 Å². The molecule has 4 nitrogen and oxygen atoms in total. The van der Waals surface area contributed by atoms with Gasteiger partial charge in [-0.2, -0.15) is 0 Å². The number of rotatable bonds is 3. The molecule has 0 rings (SSSR count). The third-order valence-electron chi connectivity index (χ3n) is 0.923. The van der Waals surface area contributed by atoms with Crippen LogP contribution in [0.5, 0.6) is 0 Å². The molecule has 0 aromatic heterocycles. The van der Waals surface area contributed by atoms with Crippen LogP contribution in [0.2, 0.25) is 0 Å². The first kappa shape index (κ1) is 12.8. The Morgan fingerprint density at radius 2 is 2.00 bits per heavy atom. The van der Waals surface area contributed by atoms with Crippen molar-refractivity contribution in [1.82, 2.24) is 5.32 Å². The van der Waals surface area contributed by atoms with Crippen molar-refractivity contribution in [2.75, 3.05) is 6.54 Å². The topological polar surface area (TPSA) is 81.1 Å². The van der Waals surface area contributed by atoms with Crippen molar-refractivity contribution in [3.63, 3.8) is 0 Å². The molecule has 0 fully saturated rings. The summed E-state index contributed by atoms with van der Waals surface area (Å²) in [5.41, 5.74) is 0.573. The minimum atomic E-state index is -0.0446. The first-order valence-electron chi connectivity index (χ1n) is 3.45. The molecule has 0 saturated carbocycles. The highest BCUT2D eigenvalue weighted by Crippen LogP contribution is 1.84. The van der Waals surface area contributed by atoms with Gasteiger partial charge in [-0.3, -0.25) is 16.5 Å². The van der Waals surface area contributed by atoms with E-state index >= 15 is 0 Å². The molecular formula is C7H17N3O. The second kappa shape index (κ2) is 9.13. The predicted octanol–water partition coefficient (Wildman–Crippen LogP) is -0.0925. The van der Waals surface area contributed by atoms with Crippen LogP contribution < -0.4 is 17.0 Å². The summed E-state index contributed by atoms with van der Waals surface area (Å²) in [6.45, 7) is 7.95. The Balaban J connectivity index is 0. The van der Waals surface area contributed by atoms with E-state index in [1.54, 1.807) is 6.92 Å². The van der Waals surface area contributed by atoms with Crippen molar-refractivity contribution in [1.29, 1.82) is 0 Å². The molecule has 1 amide bonds. The molecule has 0 saturated heterocycles. The van der Waals surface area contributed by atoms with E-state index in [2.05, 4.69) is 23.6 Å². The first-order valence-corrected chi connectivity index (χ1v) is 3.45. The molecule has 0 aliphatic heterocycles. The van der Waals surface area contributed by atoms with Crippen LogP contribution in [0.1, 0.15) is 20.3 Å². The number of hydrogen-bond donors (Lipinski definition) is 3. The van der Waals surface area contributed by atoms with Gasteiger partial charge in [-0.25, -0.2) is 0 Å². The number of carbonyl (C=O) groups excluding carboxylic acids is 1. The number of nitrogens with one attached hydrogen (secondary N) is 1. The van der Waals surface area contributed by atoms with Gasteiger partial charge in [0.05, 0.1) is 0 Å². The van der Waals surface area contributed by atoms with Crippen LogP contribution in [0.4, 0.5) is 0 Å². The van der Waals surface area contributed by atoms with Crippen LogP contribution >= 0.6 is 0 Å². The van der Waals surface area contributed by atoms with Crippen LogP contribution in [0, 0.1) is 0 Å². The van der Waals surface area contributed by atoms with Gasteiger partial charge < -0.3 is 5.32 Å². The van der Waals surface area contributed by atoms with Crippen LogP contribution in [-0.2, 0) is 4.79 Å². The van der Waals surface area contributed by atoms with Crippen LogP contribution in [0.15, 0.2) is 12.2 Å². The average Bonchev–Trinajstić information content (AvgIpc) is 2.03. The van der Waals surface area contributed by atoms with Gasteiger partial charge in [-0.1, -0.05) is 13.5 Å². The molecule has 0 bridgehead atoms. The Kier molecular flexibility index (Phi) is 10.6. The van der Waals surface area contributed by atoms with Gasteiger partial charge in [0, 0.05) is 12.1 Å². The quantitative estimate of drug-likeness (QED) is 0.306. The standard InChI is InChI=1S/C7H13NO.H4N2/c1-4-5-8-7(9)6(2)3;1-2/h2,4-5H2,1,3H3,(H,8,9);1-2H2. The third-order valence-corrected chi connectivity index (χ3v) is 0.923. The van der Waals surface area contributed by atoms with Crippen molar-refractivity contribution in [2.24, 2.45) is 11.7 Å². The summed E-state index contributed by atoms with van der Waals surface area (Å²) < 4.78 is 0. The predicted molar refractivity (Wildman–Crippen MR) is 46.5 cm³/mol. The van der Waals surface area contributed by atoms with E-state index in [9.17, 15) is 4.79 Å². The molecule has 0 radical (unpaired) electrons. The summed E-state index contributed by atoms with van der Waals surface area (Å²) >= 11 is 0. The summed E-state index contributed by atoms with van der Waals surface area (Å²) in [4.78, 5) is 10.7. The van der Waals surface area contributed by atoms with E-state index in [0.717, 1.165) is 13.0 Å². The van der Waals surface area contributed by atoms with Crippen molar-refractivity contribution in [3.8, 4) is 0 Å². The van der Waals surface area contributed by atoms with Gasteiger partial charge in [-0.15, -0.1) is 0 Å². The maximum atomic E-state index is 10.7. The van der Waals surface area contributed by atoms with E-state index in [-0.39, 0.29) is 5.91 Å². The molecule has 0 heterocycles. The maximum Gasteiger partial charge on any atom is 0.246 e. The van der Waals surface area contributed by atoms with Crippen LogP contribution in [0.25, 0.3) is 0 Å². The SMILES string of the molecule is C=C(C)C(=O)NCCC.NN. The Hall–Kier alpha value is -0.870. The first-order chi connectivity index (χ1) is 5.18. The highest BCUT2D eigenvalue weighted by atomic mass is 16.1. The Morgan fingerprint density at radius 1 is 1.55 bits per heavy atom. The van der Waals surface area contributed by atoms with E-state index in [1.807, 2.05) is 6.92 Å². The van der Waals surface area contributed by atoms with Crippen molar-refractivity contribution in [2.45, 2.75) is 20.3 Å². The van der Waals surface area contributed by atoms with Gasteiger partial charge in [0.15, 0.2) is 0 Å². The Morgan fingerprint density at radius 3 is 2.27 bits per heavy atom. The van der Waals surface area contributed by atoms with Crippen LogP contribution in [-0.4, -0.2) is 12.5 Å². The smallest absolute Gasteiger partial charge is 0.246 e.